The summed E-state index contributed by atoms with van der Waals surface area (Å²) < 4.78 is 2.52. The Hall–Kier alpha value is -1.66. The SMILES string of the molecule is OC(CNCc1cccc(-n2cccn2)c1)c1ccc(Cl)s1. The summed E-state index contributed by atoms with van der Waals surface area (Å²) in [7, 11) is 0. The van der Waals surface area contributed by atoms with Gasteiger partial charge in [0.25, 0.3) is 0 Å². The van der Waals surface area contributed by atoms with Crippen LogP contribution in [0.25, 0.3) is 5.69 Å². The first-order chi connectivity index (χ1) is 10.7. The minimum Gasteiger partial charge on any atom is -0.386 e. The Balaban J connectivity index is 1.57. The molecule has 3 aromatic rings. The molecule has 0 aliphatic carbocycles. The first-order valence-electron chi connectivity index (χ1n) is 6.95. The number of aromatic nitrogens is 2. The van der Waals surface area contributed by atoms with E-state index in [0.29, 0.717) is 17.4 Å². The van der Waals surface area contributed by atoms with Gasteiger partial charge in [-0.2, -0.15) is 5.10 Å². The van der Waals surface area contributed by atoms with E-state index in [0.717, 1.165) is 16.1 Å². The van der Waals surface area contributed by atoms with E-state index < -0.39 is 6.10 Å². The molecule has 114 valence electrons. The number of benzene rings is 1. The Morgan fingerprint density at radius 1 is 1.27 bits per heavy atom. The molecule has 0 bridgehead atoms. The minimum absolute atomic E-state index is 0.489. The molecule has 0 fully saturated rings. The molecule has 22 heavy (non-hydrogen) atoms. The second-order valence-electron chi connectivity index (χ2n) is 4.91. The van der Waals surface area contributed by atoms with Crippen molar-refractivity contribution in [1.82, 2.24) is 15.1 Å². The van der Waals surface area contributed by atoms with Crippen molar-refractivity contribution in [2.24, 2.45) is 0 Å². The van der Waals surface area contributed by atoms with Gasteiger partial charge < -0.3 is 10.4 Å². The summed E-state index contributed by atoms with van der Waals surface area (Å²) in [5.41, 5.74) is 2.17. The van der Waals surface area contributed by atoms with E-state index in [4.69, 9.17) is 11.6 Å². The molecule has 0 aliphatic rings. The molecule has 6 heteroatoms. The average molecular weight is 334 g/mol. The molecule has 1 aromatic carbocycles. The van der Waals surface area contributed by atoms with Crippen LogP contribution >= 0.6 is 22.9 Å². The Bertz CT molecular complexity index is 727. The summed E-state index contributed by atoms with van der Waals surface area (Å²) in [5, 5.41) is 17.6. The Morgan fingerprint density at radius 2 is 2.18 bits per heavy atom. The Kier molecular flexibility index (Phi) is 4.90. The van der Waals surface area contributed by atoms with Gasteiger partial charge >= 0.3 is 0 Å². The summed E-state index contributed by atoms with van der Waals surface area (Å²) in [4.78, 5) is 0.878. The van der Waals surface area contributed by atoms with E-state index in [1.807, 2.05) is 41.2 Å². The second-order valence-corrected chi connectivity index (χ2v) is 6.66. The normalized spacial score (nSPS) is 12.5. The van der Waals surface area contributed by atoms with E-state index in [-0.39, 0.29) is 0 Å². The van der Waals surface area contributed by atoms with Gasteiger partial charge in [-0.05, 0) is 35.9 Å². The largest absolute Gasteiger partial charge is 0.386 e. The standard InChI is InChI=1S/C16H16ClN3OS/c17-16-6-5-15(22-16)14(21)11-18-10-12-3-1-4-13(9-12)20-8-2-7-19-20/h1-9,14,18,21H,10-11H2. The van der Waals surface area contributed by atoms with Crippen molar-refractivity contribution >= 4 is 22.9 Å². The highest BCUT2D eigenvalue weighted by Crippen LogP contribution is 2.26. The maximum absolute atomic E-state index is 10.1. The van der Waals surface area contributed by atoms with Crippen LogP contribution in [0, 0.1) is 0 Å². The molecule has 0 spiro atoms. The average Bonchev–Trinajstić information content (AvgIpc) is 3.19. The van der Waals surface area contributed by atoms with Crippen LogP contribution in [0.5, 0.6) is 0 Å². The zero-order valence-corrected chi connectivity index (χ0v) is 13.4. The zero-order valence-electron chi connectivity index (χ0n) is 11.8. The minimum atomic E-state index is -0.535. The van der Waals surface area contributed by atoms with Crippen LogP contribution in [-0.2, 0) is 6.54 Å². The van der Waals surface area contributed by atoms with Crippen molar-refractivity contribution in [1.29, 1.82) is 0 Å². The maximum atomic E-state index is 10.1. The fraction of sp³-hybridized carbons (Fsp3) is 0.188. The second kappa shape index (κ2) is 7.07. The summed E-state index contributed by atoms with van der Waals surface area (Å²) in [6.45, 7) is 1.17. The molecule has 0 aliphatic heterocycles. The molecule has 0 saturated carbocycles. The van der Waals surface area contributed by atoms with E-state index >= 15 is 0 Å². The molecular weight excluding hydrogens is 318 g/mol. The number of halogens is 1. The van der Waals surface area contributed by atoms with E-state index in [2.05, 4.69) is 16.5 Å². The molecule has 0 radical (unpaired) electrons. The number of hydrogen-bond acceptors (Lipinski definition) is 4. The highest BCUT2D eigenvalue weighted by molar-refractivity contribution is 7.16. The van der Waals surface area contributed by atoms with Crippen molar-refractivity contribution in [3.05, 3.63) is 69.6 Å². The van der Waals surface area contributed by atoms with Crippen LogP contribution < -0.4 is 5.32 Å². The number of aliphatic hydroxyl groups is 1. The number of thiophene rings is 1. The molecule has 1 atom stereocenters. The van der Waals surface area contributed by atoms with Gasteiger partial charge in [0.2, 0.25) is 0 Å². The lowest BCUT2D eigenvalue weighted by Crippen LogP contribution is -2.20. The molecule has 1 unspecified atom stereocenters. The summed E-state index contributed by atoms with van der Waals surface area (Å²) in [6, 6.07) is 13.7. The summed E-state index contributed by atoms with van der Waals surface area (Å²) >= 11 is 7.29. The van der Waals surface area contributed by atoms with Gasteiger partial charge in [0.05, 0.1) is 10.0 Å². The van der Waals surface area contributed by atoms with Crippen molar-refractivity contribution in [3.63, 3.8) is 0 Å². The van der Waals surface area contributed by atoms with E-state index in [1.54, 1.807) is 12.3 Å². The van der Waals surface area contributed by atoms with Crippen molar-refractivity contribution in [3.8, 4) is 5.69 Å². The van der Waals surface area contributed by atoms with E-state index in [1.165, 1.54) is 11.3 Å². The Labute approximate surface area is 138 Å². The third kappa shape index (κ3) is 3.75. The monoisotopic (exact) mass is 333 g/mol. The molecule has 2 aromatic heterocycles. The predicted octanol–water partition coefficient (Wildman–Crippen LogP) is 3.41. The third-order valence-corrected chi connectivity index (χ3v) is 4.60. The number of rotatable bonds is 6. The number of nitrogens with zero attached hydrogens (tertiary/aromatic N) is 2. The quantitative estimate of drug-likeness (QED) is 0.726. The van der Waals surface area contributed by atoms with Crippen LogP contribution in [-0.4, -0.2) is 21.4 Å². The highest BCUT2D eigenvalue weighted by Gasteiger charge is 2.09. The van der Waals surface area contributed by atoms with Gasteiger partial charge in [0.15, 0.2) is 0 Å². The smallest absolute Gasteiger partial charge is 0.101 e. The zero-order chi connectivity index (χ0) is 15.4. The van der Waals surface area contributed by atoms with Gasteiger partial charge in [-0.15, -0.1) is 11.3 Å². The first-order valence-corrected chi connectivity index (χ1v) is 8.15. The van der Waals surface area contributed by atoms with Gasteiger partial charge in [0, 0.05) is 30.4 Å². The van der Waals surface area contributed by atoms with E-state index in [9.17, 15) is 5.11 Å². The fourth-order valence-corrected chi connectivity index (χ4v) is 3.24. The molecule has 0 saturated heterocycles. The van der Waals surface area contributed by atoms with Crippen LogP contribution in [0.1, 0.15) is 16.5 Å². The van der Waals surface area contributed by atoms with Gasteiger partial charge in [-0.3, -0.25) is 0 Å². The molecule has 2 N–H and O–H groups in total. The molecule has 0 amide bonds. The lowest BCUT2D eigenvalue weighted by atomic mass is 10.2. The first kappa shape index (κ1) is 15.2. The summed E-state index contributed by atoms with van der Waals surface area (Å²) in [5.74, 6) is 0. The lowest BCUT2D eigenvalue weighted by molar-refractivity contribution is 0.178. The number of nitrogens with one attached hydrogen (secondary N) is 1. The molecule has 2 heterocycles. The third-order valence-electron chi connectivity index (χ3n) is 3.27. The number of aliphatic hydroxyl groups excluding tert-OH is 1. The molecule has 3 rings (SSSR count). The van der Waals surface area contributed by atoms with Crippen LogP contribution in [0.3, 0.4) is 0 Å². The Morgan fingerprint density at radius 3 is 2.91 bits per heavy atom. The van der Waals surface area contributed by atoms with Gasteiger partial charge in [-0.25, -0.2) is 4.68 Å². The van der Waals surface area contributed by atoms with Crippen molar-refractivity contribution in [2.75, 3.05) is 6.54 Å². The highest BCUT2D eigenvalue weighted by atomic mass is 35.5. The van der Waals surface area contributed by atoms with Crippen LogP contribution in [0.4, 0.5) is 0 Å². The van der Waals surface area contributed by atoms with Crippen LogP contribution in [0.2, 0.25) is 4.34 Å². The van der Waals surface area contributed by atoms with Crippen molar-refractivity contribution < 1.29 is 5.11 Å². The lowest BCUT2D eigenvalue weighted by Gasteiger charge is -2.11. The summed E-state index contributed by atoms with van der Waals surface area (Å²) in [6.07, 6.45) is 3.14. The van der Waals surface area contributed by atoms with Crippen LogP contribution in [0.15, 0.2) is 54.9 Å². The molecule has 4 nitrogen and oxygen atoms in total. The predicted molar refractivity (Wildman–Crippen MR) is 89.6 cm³/mol. The van der Waals surface area contributed by atoms with Crippen molar-refractivity contribution in [2.45, 2.75) is 12.6 Å². The fourth-order valence-electron chi connectivity index (χ4n) is 2.19. The van der Waals surface area contributed by atoms with Gasteiger partial charge in [0.1, 0.15) is 6.10 Å². The molecular formula is C16H16ClN3OS. The number of hydrogen-bond donors (Lipinski definition) is 2. The maximum Gasteiger partial charge on any atom is 0.101 e. The topological polar surface area (TPSA) is 50.1 Å². The van der Waals surface area contributed by atoms with Gasteiger partial charge in [-0.1, -0.05) is 23.7 Å².